The van der Waals surface area contributed by atoms with Crippen LogP contribution in [0.4, 0.5) is 10.5 Å². The molecular weight excluding hydrogens is 680 g/mol. The molecule has 1 aliphatic rings. The van der Waals surface area contributed by atoms with Crippen LogP contribution in [0.15, 0.2) is 79.9 Å². The minimum absolute atomic E-state index is 0.00402. The van der Waals surface area contributed by atoms with E-state index >= 15 is 0 Å². The van der Waals surface area contributed by atoms with Crippen LogP contribution < -0.4 is 20.7 Å². The molecule has 1 atom stereocenters. The molecule has 0 spiro atoms. The predicted molar refractivity (Wildman–Crippen MR) is 190 cm³/mol. The molecule has 0 radical (unpaired) electrons. The molecule has 1 fully saturated rings. The average Bonchev–Trinajstić information content (AvgIpc) is 3.13. The van der Waals surface area contributed by atoms with Crippen molar-refractivity contribution in [2.24, 2.45) is 5.92 Å². The van der Waals surface area contributed by atoms with Crippen molar-refractivity contribution in [3.05, 3.63) is 85.5 Å². The summed E-state index contributed by atoms with van der Waals surface area (Å²) in [6, 6.07) is 14.2. The van der Waals surface area contributed by atoms with Crippen molar-refractivity contribution in [1.82, 2.24) is 25.3 Å². The molecule has 1 saturated heterocycles. The van der Waals surface area contributed by atoms with Gasteiger partial charge in [0.2, 0.25) is 35.4 Å². The zero-order valence-electron chi connectivity index (χ0n) is 28.5. The van der Waals surface area contributed by atoms with Gasteiger partial charge in [-0.15, -0.1) is 0 Å². The lowest BCUT2D eigenvalue weighted by Crippen LogP contribution is -2.59. The Hall–Kier alpha value is -5.64. The number of anilines is 1. The number of thioether (sulfide) groups is 1. The number of carbonyl (C=O) groups is 7. The van der Waals surface area contributed by atoms with Crippen LogP contribution >= 0.6 is 11.8 Å². The van der Waals surface area contributed by atoms with Crippen LogP contribution in [-0.4, -0.2) is 100 Å². The topological polar surface area (TPSA) is 184 Å². The second kappa shape index (κ2) is 20.1. The lowest BCUT2D eigenvalue weighted by atomic mass is 10.0. The minimum atomic E-state index is -0.907. The molecule has 0 unspecified atom stereocenters. The molecule has 0 aromatic heterocycles. The molecule has 2 aromatic rings. The first-order chi connectivity index (χ1) is 24.4. The Balaban J connectivity index is 1.37. The summed E-state index contributed by atoms with van der Waals surface area (Å²) in [5.74, 6) is -2.29. The first kappa shape index (κ1) is 39.8. The van der Waals surface area contributed by atoms with E-state index in [-0.39, 0.29) is 62.9 Å². The van der Waals surface area contributed by atoms with E-state index in [2.05, 4.69) is 29.1 Å². The van der Waals surface area contributed by atoms with E-state index in [1.807, 2.05) is 0 Å². The number of nitrogens with zero attached hydrogens (tertiary/aromatic N) is 3. The standard InChI is InChI=1S/C35H42N6O9S/c1-5-30(44)39-21-40(31(45)6-2)23-41(22-39)32(46)16-17-51-20-29(43)38-33(24(3)4)34(47)36-18-28(42)37-26-14-12-25(13-15-26)19-49-35(48)50-27-10-8-7-9-11-27/h5-15,24,33H,1-2,16-23H2,3-4H3,(H,36,47)(H,37,42)(H,38,43)/t33-/m0/s1. The SMILES string of the molecule is C=CC(=O)N1CN(C(=O)C=C)CN(C(=O)CCSCC(=O)N[C@H](C(=O)NCC(=O)Nc2ccc(COC(=O)Oc3ccccc3)cc2)C(C)C)C1. The van der Waals surface area contributed by atoms with Crippen LogP contribution in [0.2, 0.25) is 0 Å². The second-order valence-electron chi connectivity index (χ2n) is 11.5. The Bertz CT molecular complexity index is 1560. The van der Waals surface area contributed by atoms with Crippen LogP contribution in [0.25, 0.3) is 0 Å². The highest BCUT2D eigenvalue weighted by molar-refractivity contribution is 7.99. The fraction of sp³-hybridized carbons (Fsp3) is 0.343. The summed E-state index contributed by atoms with van der Waals surface area (Å²) in [5, 5.41) is 7.89. The van der Waals surface area contributed by atoms with Gasteiger partial charge < -0.3 is 40.1 Å². The zero-order chi connectivity index (χ0) is 37.3. The Morgan fingerprint density at radius 3 is 2.04 bits per heavy atom. The highest BCUT2D eigenvalue weighted by Gasteiger charge is 2.30. The van der Waals surface area contributed by atoms with Gasteiger partial charge in [0.1, 0.15) is 18.4 Å². The lowest BCUT2D eigenvalue weighted by Gasteiger charge is -2.41. The van der Waals surface area contributed by atoms with E-state index in [0.29, 0.717) is 17.0 Å². The number of hydrogen-bond acceptors (Lipinski definition) is 10. The molecule has 15 nitrogen and oxygen atoms in total. The summed E-state index contributed by atoms with van der Waals surface area (Å²) in [7, 11) is 0. The molecule has 0 aliphatic carbocycles. The molecule has 3 N–H and O–H groups in total. The number of nitrogens with one attached hydrogen (secondary N) is 3. The molecule has 0 bridgehead atoms. The molecular formula is C35H42N6O9S. The van der Waals surface area contributed by atoms with Crippen molar-refractivity contribution in [2.45, 2.75) is 32.9 Å². The van der Waals surface area contributed by atoms with Gasteiger partial charge in [0.05, 0.1) is 32.3 Å². The summed E-state index contributed by atoms with van der Waals surface area (Å²) in [4.78, 5) is 91.0. The molecule has 1 heterocycles. The van der Waals surface area contributed by atoms with Gasteiger partial charge in [0.25, 0.3) is 0 Å². The smallest absolute Gasteiger partial charge is 0.429 e. The first-order valence-corrected chi connectivity index (χ1v) is 17.1. The molecule has 3 rings (SSSR count). The fourth-order valence-electron chi connectivity index (χ4n) is 4.60. The number of hydrogen-bond donors (Lipinski definition) is 3. The number of carbonyl (C=O) groups excluding carboxylic acids is 7. The van der Waals surface area contributed by atoms with Gasteiger partial charge in [0.15, 0.2) is 0 Å². The summed E-state index contributed by atoms with van der Waals surface area (Å²) in [5.41, 5.74) is 1.12. The van der Waals surface area contributed by atoms with E-state index in [9.17, 15) is 33.6 Å². The van der Waals surface area contributed by atoms with Gasteiger partial charge >= 0.3 is 6.16 Å². The van der Waals surface area contributed by atoms with Crippen LogP contribution in [0.5, 0.6) is 5.75 Å². The molecule has 272 valence electrons. The first-order valence-electron chi connectivity index (χ1n) is 15.9. The minimum Gasteiger partial charge on any atom is -0.429 e. The highest BCUT2D eigenvalue weighted by Crippen LogP contribution is 2.15. The summed E-state index contributed by atoms with van der Waals surface area (Å²) in [6.07, 6.45) is 1.41. The number of ether oxygens (including phenoxy) is 2. The van der Waals surface area contributed by atoms with Gasteiger partial charge in [-0.25, -0.2) is 4.79 Å². The van der Waals surface area contributed by atoms with Crippen molar-refractivity contribution in [1.29, 1.82) is 0 Å². The van der Waals surface area contributed by atoms with Gasteiger partial charge in [-0.1, -0.05) is 57.3 Å². The quantitative estimate of drug-likeness (QED) is 0.101. The largest absolute Gasteiger partial charge is 0.514 e. The van der Waals surface area contributed by atoms with Crippen molar-refractivity contribution in [3.8, 4) is 5.75 Å². The Kier molecular flexibility index (Phi) is 15.7. The van der Waals surface area contributed by atoms with Gasteiger partial charge in [0, 0.05) is 17.9 Å². The normalized spacial score (nSPS) is 13.0. The third-order valence-electron chi connectivity index (χ3n) is 7.27. The van der Waals surface area contributed by atoms with Gasteiger partial charge in [-0.2, -0.15) is 11.8 Å². The molecule has 1 aliphatic heterocycles. The summed E-state index contributed by atoms with van der Waals surface area (Å²) in [6.45, 7) is 10.0. The Morgan fingerprint density at radius 2 is 1.45 bits per heavy atom. The monoisotopic (exact) mass is 722 g/mol. The molecule has 2 aromatic carbocycles. The van der Waals surface area contributed by atoms with Crippen LogP contribution in [0.3, 0.4) is 0 Å². The van der Waals surface area contributed by atoms with Crippen LogP contribution in [0, 0.1) is 5.92 Å². The third kappa shape index (κ3) is 13.3. The van der Waals surface area contributed by atoms with Crippen molar-refractivity contribution >= 4 is 59.0 Å². The maximum atomic E-state index is 12.9. The van der Waals surface area contributed by atoms with E-state index < -0.39 is 41.7 Å². The number of para-hydroxylation sites is 1. The highest BCUT2D eigenvalue weighted by atomic mass is 32.2. The van der Waals surface area contributed by atoms with Crippen LogP contribution in [-0.2, 0) is 40.1 Å². The van der Waals surface area contributed by atoms with Crippen molar-refractivity contribution < 1.29 is 43.0 Å². The fourth-order valence-corrected chi connectivity index (χ4v) is 5.33. The van der Waals surface area contributed by atoms with E-state index in [1.54, 1.807) is 68.4 Å². The maximum Gasteiger partial charge on any atom is 0.514 e. The van der Waals surface area contributed by atoms with E-state index in [4.69, 9.17) is 9.47 Å². The van der Waals surface area contributed by atoms with Crippen molar-refractivity contribution in [3.63, 3.8) is 0 Å². The zero-order valence-corrected chi connectivity index (χ0v) is 29.3. The number of rotatable bonds is 16. The molecule has 16 heteroatoms. The van der Waals surface area contributed by atoms with Crippen LogP contribution in [0.1, 0.15) is 25.8 Å². The van der Waals surface area contributed by atoms with E-state index in [1.165, 1.54) is 26.5 Å². The molecule has 6 amide bonds. The summed E-state index contributed by atoms with van der Waals surface area (Å²) < 4.78 is 10.2. The maximum absolute atomic E-state index is 12.9. The number of amides is 6. The Labute approximate surface area is 300 Å². The predicted octanol–water partition coefficient (Wildman–Crippen LogP) is 2.46. The molecule has 0 saturated carbocycles. The second-order valence-corrected chi connectivity index (χ2v) is 12.6. The van der Waals surface area contributed by atoms with E-state index in [0.717, 1.165) is 12.2 Å². The Morgan fingerprint density at radius 1 is 0.843 bits per heavy atom. The third-order valence-corrected chi connectivity index (χ3v) is 8.23. The molecule has 51 heavy (non-hydrogen) atoms. The average molecular weight is 723 g/mol. The lowest BCUT2D eigenvalue weighted by molar-refractivity contribution is -0.154. The van der Waals surface area contributed by atoms with Crippen molar-refractivity contribution in [2.75, 3.05) is 43.4 Å². The number of benzene rings is 2. The van der Waals surface area contributed by atoms with Gasteiger partial charge in [-0.3, -0.25) is 28.8 Å². The van der Waals surface area contributed by atoms with Gasteiger partial charge in [-0.05, 0) is 47.9 Å². The summed E-state index contributed by atoms with van der Waals surface area (Å²) >= 11 is 1.19.